The largest absolute Gasteiger partial charge is 0.378 e. The summed E-state index contributed by atoms with van der Waals surface area (Å²) in [6.07, 6.45) is 1.87. The second kappa shape index (κ2) is 5.30. The Hall–Kier alpha value is -2.19. The quantitative estimate of drug-likeness (QED) is 0.847. The Morgan fingerprint density at radius 1 is 1.24 bits per heavy atom. The van der Waals surface area contributed by atoms with E-state index in [4.69, 9.17) is 4.74 Å². The Labute approximate surface area is 124 Å². The SMILES string of the molecule is COC1(C)CCN(c2c(C#N)nnc3ccccc23)CC1. The second-order valence-corrected chi connectivity index (χ2v) is 5.67. The first-order chi connectivity index (χ1) is 10.2. The number of anilines is 1. The van der Waals surface area contributed by atoms with Crippen molar-refractivity contribution in [2.45, 2.75) is 25.4 Å². The zero-order valence-corrected chi connectivity index (χ0v) is 12.3. The summed E-state index contributed by atoms with van der Waals surface area (Å²) in [5.74, 6) is 0. The van der Waals surface area contributed by atoms with Gasteiger partial charge in [-0.05, 0) is 25.8 Å². The van der Waals surface area contributed by atoms with Crippen LogP contribution in [0.2, 0.25) is 0 Å². The van der Waals surface area contributed by atoms with Crippen molar-refractivity contribution in [2.75, 3.05) is 25.1 Å². The van der Waals surface area contributed by atoms with Gasteiger partial charge in [-0.2, -0.15) is 5.26 Å². The fraction of sp³-hybridized carbons (Fsp3) is 0.438. The summed E-state index contributed by atoms with van der Waals surface area (Å²) >= 11 is 0. The number of ether oxygens (including phenoxy) is 1. The molecule has 0 aliphatic carbocycles. The molecule has 0 N–H and O–H groups in total. The molecule has 0 radical (unpaired) electrons. The van der Waals surface area contributed by atoms with Crippen LogP contribution in [0.25, 0.3) is 10.9 Å². The van der Waals surface area contributed by atoms with Gasteiger partial charge in [0.15, 0.2) is 5.69 Å². The first-order valence-electron chi connectivity index (χ1n) is 7.12. The van der Waals surface area contributed by atoms with E-state index in [2.05, 4.69) is 28.1 Å². The van der Waals surface area contributed by atoms with Crippen molar-refractivity contribution in [1.29, 1.82) is 5.26 Å². The van der Waals surface area contributed by atoms with Gasteiger partial charge in [0.25, 0.3) is 0 Å². The fourth-order valence-electron chi connectivity index (χ4n) is 2.84. The number of nitrogens with zero attached hydrogens (tertiary/aromatic N) is 4. The molecule has 0 unspecified atom stereocenters. The van der Waals surface area contributed by atoms with Crippen molar-refractivity contribution in [2.24, 2.45) is 0 Å². The Kier molecular flexibility index (Phi) is 3.48. The molecule has 0 bridgehead atoms. The Morgan fingerprint density at radius 2 is 1.95 bits per heavy atom. The number of rotatable bonds is 2. The third-order valence-electron chi connectivity index (χ3n) is 4.38. The van der Waals surface area contributed by atoms with Gasteiger partial charge in [-0.3, -0.25) is 0 Å². The predicted octanol–water partition coefficient (Wildman–Crippen LogP) is 2.51. The van der Waals surface area contributed by atoms with Gasteiger partial charge in [-0.15, -0.1) is 10.2 Å². The van der Waals surface area contributed by atoms with E-state index in [0.29, 0.717) is 5.69 Å². The van der Waals surface area contributed by atoms with Gasteiger partial charge in [-0.1, -0.05) is 18.2 Å². The molecule has 3 rings (SSSR count). The van der Waals surface area contributed by atoms with Gasteiger partial charge in [0.1, 0.15) is 6.07 Å². The minimum atomic E-state index is -0.0699. The van der Waals surface area contributed by atoms with Crippen LogP contribution in [0.3, 0.4) is 0 Å². The minimum Gasteiger partial charge on any atom is -0.378 e. The molecule has 1 aromatic heterocycles. The highest BCUT2D eigenvalue weighted by molar-refractivity contribution is 5.93. The van der Waals surface area contributed by atoms with Crippen LogP contribution in [0.4, 0.5) is 5.69 Å². The molecular weight excluding hydrogens is 264 g/mol. The third kappa shape index (κ3) is 2.43. The molecule has 2 heterocycles. The van der Waals surface area contributed by atoms with E-state index in [0.717, 1.165) is 42.5 Å². The minimum absolute atomic E-state index is 0.0699. The molecule has 108 valence electrons. The standard InChI is InChI=1S/C16H18N4O/c1-16(21-2)7-9-20(10-8-16)15-12-5-3-4-6-13(12)18-19-14(15)11-17/h3-6H,7-10H2,1-2H3. The average Bonchev–Trinajstić information content (AvgIpc) is 2.55. The fourth-order valence-corrected chi connectivity index (χ4v) is 2.84. The highest BCUT2D eigenvalue weighted by Crippen LogP contribution is 2.33. The lowest BCUT2D eigenvalue weighted by Crippen LogP contribution is -2.44. The molecule has 1 saturated heterocycles. The number of hydrogen-bond acceptors (Lipinski definition) is 5. The smallest absolute Gasteiger partial charge is 0.187 e. The Balaban J connectivity index is 2.02. The monoisotopic (exact) mass is 282 g/mol. The average molecular weight is 282 g/mol. The maximum Gasteiger partial charge on any atom is 0.187 e. The van der Waals surface area contributed by atoms with Crippen molar-refractivity contribution < 1.29 is 4.74 Å². The van der Waals surface area contributed by atoms with Gasteiger partial charge in [-0.25, -0.2) is 0 Å². The van der Waals surface area contributed by atoms with E-state index in [1.807, 2.05) is 24.3 Å². The zero-order chi connectivity index (χ0) is 14.9. The molecular formula is C16H18N4O. The topological polar surface area (TPSA) is 62.0 Å². The number of aromatic nitrogens is 2. The molecule has 5 nitrogen and oxygen atoms in total. The molecule has 0 saturated carbocycles. The molecule has 0 atom stereocenters. The van der Waals surface area contributed by atoms with E-state index in [1.54, 1.807) is 7.11 Å². The number of hydrogen-bond donors (Lipinski definition) is 0. The third-order valence-corrected chi connectivity index (χ3v) is 4.38. The summed E-state index contributed by atoms with van der Waals surface area (Å²) in [5, 5.41) is 18.5. The van der Waals surface area contributed by atoms with E-state index in [-0.39, 0.29) is 5.60 Å². The summed E-state index contributed by atoms with van der Waals surface area (Å²) in [7, 11) is 1.76. The first-order valence-corrected chi connectivity index (χ1v) is 7.12. The number of nitriles is 1. The van der Waals surface area contributed by atoms with E-state index < -0.39 is 0 Å². The summed E-state index contributed by atoms with van der Waals surface area (Å²) in [6.45, 7) is 3.85. The van der Waals surface area contributed by atoms with Crippen LogP contribution in [-0.2, 0) is 4.74 Å². The molecule has 1 fully saturated rings. The molecule has 1 aliphatic rings. The van der Waals surface area contributed by atoms with Crippen molar-refractivity contribution >= 4 is 16.6 Å². The summed E-state index contributed by atoms with van der Waals surface area (Å²) < 4.78 is 5.59. The lowest BCUT2D eigenvalue weighted by atomic mass is 9.92. The zero-order valence-electron chi connectivity index (χ0n) is 12.3. The van der Waals surface area contributed by atoms with Gasteiger partial charge in [0.05, 0.1) is 16.8 Å². The first kappa shape index (κ1) is 13.8. The maximum absolute atomic E-state index is 9.35. The number of methoxy groups -OCH3 is 1. The van der Waals surface area contributed by atoms with Crippen LogP contribution < -0.4 is 4.90 Å². The highest BCUT2D eigenvalue weighted by Gasteiger charge is 2.31. The Bertz CT molecular complexity index is 699. The Morgan fingerprint density at radius 3 is 2.62 bits per heavy atom. The lowest BCUT2D eigenvalue weighted by Gasteiger charge is -2.39. The van der Waals surface area contributed by atoms with Gasteiger partial charge in [0, 0.05) is 25.6 Å². The highest BCUT2D eigenvalue weighted by atomic mass is 16.5. The normalized spacial score (nSPS) is 17.7. The van der Waals surface area contributed by atoms with Crippen LogP contribution >= 0.6 is 0 Å². The van der Waals surface area contributed by atoms with Crippen molar-refractivity contribution in [3.63, 3.8) is 0 Å². The molecule has 0 amide bonds. The van der Waals surface area contributed by atoms with Gasteiger partial charge >= 0.3 is 0 Å². The lowest BCUT2D eigenvalue weighted by molar-refractivity contribution is -0.0132. The summed E-state index contributed by atoms with van der Waals surface area (Å²) in [6, 6.07) is 10.0. The van der Waals surface area contributed by atoms with Crippen LogP contribution in [0.1, 0.15) is 25.5 Å². The number of fused-ring (bicyclic) bond motifs is 1. The molecule has 21 heavy (non-hydrogen) atoms. The van der Waals surface area contributed by atoms with E-state index in [1.165, 1.54) is 0 Å². The summed E-state index contributed by atoms with van der Waals surface area (Å²) in [4.78, 5) is 2.23. The van der Waals surface area contributed by atoms with Crippen LogP contribution in [-0.4, -0.2) is 36.0 Å². The molecule has 0 spiro atoms. The number of piperidine rings is 1. The molecule has 5 heteroatoms. The van der Waals surface area contributed by atoms with E-state index >= 15 is 0 Å². The van der Waals surface area contributed by atoms with Gasteiger partial charge < -0.3 is 9.64 Å². The van der Waals surface area contributed by atoms with Crippen molar-refractivity contribution in [3.8, 4) is 6.07 Å². The number of benzene rings is 1. The maximum atomic E-state index is 9.35. The second-order valence-electron chi connectivity index (χ2n) is 5.67. The molecule has 1 aliphatic heterocycles. The van der Waals surface area contributed by atoms with Crippen LogP contribution in [0.15, 0.2) is 24.3 Å². The van der Waals surface area contributed by atoms with Crippen molar-refractivity contribution in [3.05, 3.63) is 30.0 Å². The summed E-state index contributed by atoms with van der Waals surface area (Å²) in [5.41, 5.74) is 2.06. The predicted molar refractivity (Wildman–Crippen MR) is 81.1 cm³/mol. The van der Waals surface area contributed by atoms with E-state index in [9.17, 15) is 5.26 Å². The van der Waals surface area contributed by atoms with Crippen LogP contribution in [0, 0.1) is 11.3 Å². The molecule has 2 aromatic rings. The van der Waals surface area contributed by atoms with Crippen molar-refractivity contribution in [1.82, 2.24) is 10.2 Å². The van der Waals surface area contributed by atoms with Crippen LogP contribution in [0.5, 0.6) is 0 Å². The van der Waals surface area contributed by atoms with Gasteiger partial charge in [0.2, 0.25) is 0 Å². The molecule has 1 aromatic carbocycles.